The number of carbonyl (C=O) groups excluding carboxylic acids is 2. The van der Waals surface area contributed by atoms with Gasteiger partial charge in [-0.05, 0) is 56.2 Å². The van der Waals surface area contributed by atoms with Gasteiger partial charge in [-0.1, -0.05) is 18.9 Å². The van der Waals surface area contributed by atoms with Crippen molar-refractivity contribution in [2.75, 3.05) is 0 Å². The van der Waals surface area contributed by atoms with Gasteiger partial charge >= 0.3 is 5.97 Å². The minimum absolute atomic E-state index is 0.00546. The molecule has 4 atom stereocenters. The lowest BCUT2D eigenvalue weighted by Crippen LogP contribution is -2.52. The number of furan rings is 1. The van der Waals surface area contributed by atoms with Crippen LogP contribution in [-0.4, -0.2) is 17.9 Å². The molecule has 2 aliphatic carbocycles. The van der Waals surface area contributed by atoms with Crippen molar-refractivity contribution >= 4 is 11.8 Å². The number of ether oxygens (including phenoxy) is 1. The van der Waals surface area contributed by atoms with Gasteiger partial charge < -0.3 is 9.15 Å². The van der Waals surface area contributed by atoms with E-state index in [9.17, 15) is 9.59 Å². The predicted octanol–water partition coefficient (Wildman–Crippen LogP) is 3.85. The number of allylic oxidation sites excluding steroid dienone is 1. The second-order valence-electron chi connectivity index (χ2n) is 8.04. The van der Waals surface area contributed by atoms with E-state index in [4.69, 9.17) is 9.15 Å². The molecule has 1 saturated carbocycles. The zero-order valence-corrected chi connectivity index (χ0v) is 14.6. The highest BCUT2D eigenvalue weighted by Gasteiger charge is 2.66. The smallest absolute Gasteiger partial charge is 0.313 e. The average molecular weight is 328 g/mol. The summed E-state index contributed by atoms with van der Waals surface area (Å²) in [5.41, 5.74) is 1.33. The number of hydrogen-bond donors (Lipinski definition) is 0. The third kappa shape index (κ3) is 1.92. The van der Waals surface area contributed by atoms with Crippen LogP contribution in [0.1, 0.15) is 52.2 Å². The van der Waals surface area contributed by atoms with Crippen molar-refractivity contribution in [1.29, 1.82) is 0 Å². The highest BCUT2D eigenvalue weighted by Crippen LogP contribution is 2.63. The van der Waals surface area contributed by atoms with E-state index < -0.39 is 11.5 Å². The van der Waals surface area contributed by atoms with E-state index in [1.54, 1.807) is 6.26 Å². The van der Waals surface area contributed by atoms with Crippen molar-refractivity contribution in [3.8, 4) is 0 Å². The molecule has 1 saturated heterocycles. The fraction of sp³-hybridized carbons (Fsp3) is 0.600. The van der Waals surface area contributed by atoms with Gasteiger partial charge in [-0.2, -0.15) is 0 Å². The first-order valence-electron chi connectivity index (χ1n) is 8.86. The highest BCUT2D eigenvalue weighted by atomic mass is 16.6. The number of ketones is 1. The van der Waals surface area contributed by atoms with Crippen molar-refractivity contribution in [2.24, 2.45) is 16.7 Å². The van der Waals surface area contributed by atoms with Crippen LogP contribution in [0.25, 0.3) is 0 Å². The summed E-state index contributed by atoms with van der Waals surface area (Å²) in [6.07, 6.45) is 5.51. The van der Waals surface area contributed by atoms with Gasteiger partial charge in [0.25, 0.3) is 0 Å². The zero-order valence-electron chi connectivity index (χ0n) is 14.6. The fourth-order valence-electron chi connectivity index (χ4n) is 5.56. The van der Waals surface area contributed by atoms with Gasteiger partial charge in [0.2, 0.25) is 0 Å². The normalized spacial score (nSPS) is 38.3. The maximum absolute atomic E-state index is 12.9. The molecular formula is C20H24O4. The van der Waals surface area contributed by atoms with Crippen LogP contribution in [0, 0.1) is 16.7 Å². The van der Waals surface area contributed by atoms with E-state index in [1.807, 2.05) is 26.0 Å². The standard InChI is InChI=1S/C20H24O4/c1-12-14(8-7-13-6-4-11-23-13)19(2)9-5-10-20(3)17(19)16(15(12)21)24-18(20)22/h4,6,11,16-17H,5,7-10H2,1-3H3/t16-,17?,19-,20+/m1/s1. The predicted molar refractivity (Wildman–Crippen MR) is 88.2 cm³/mol. The van der Waals surface area contributed by atoms with Crippen LogP contribution in [0.2, 0.25) is 0 Å². The van der Waals surface area contributed by atoms with E-state index in [0.717, 1.165) is 43.4 Å². The van der Waals surface area contributed by atoms with E-state index >= 15 is 0 Å². The third-order valence-electron chi connectivity index (χ3n) is 6.74. The van der Waals surface area contributed by atoms with Crippen LogP contribution in [0.4, 0.5) is 0 Å². The third-order valence-corrected chi connectivity index (χ3v) is 6.74. The molecular weight excluding hydrogens is 304 g/mol. The van der Waals surface area contributed by atoms with Crippen LogP contribution in [0.3, 0.4) is 0 Å². The molecule has 0 aromatic carbocycles. The molecule has 4 nitrogen and oxygen atoms in total. The summed E-state index contributed by atoms with van der Waals surface area (Å²) < 4.78 is 11.0. The molecule has 0 N–H and O–H groups in total. The number of aryl methyl sites for hydroxylation is 1. The maximum atomic E-state index is 12.9. The van der Waals surface area contributed by atoms with E-state index in [2.05, 4.69) is 6.92 Å². The number of carbonyl (C=O) groups is 2. The Morgan fingerprint density at radius 3 is 2.62 bits per heavy atom. The van der Waals surface area contributed by atoms with E-state index in [1.165, 1.54) is 5.57 Å². The molecule has 0 spiro atoms. The van der Waals surface area contributed by atoms with E-state index in [-0.39, 0.29) is 23.1 Å². The van der Waals surface area contributed by atoms with Crippen molar-refractivity contribution in [3.63, 3.8) is 0 Å². The summed E-state index contributed by atoms with van der Waals surface area (Å²) in [6.45, 7) is 6.13. The molecule has 2 fully saturated rings. The molecule has 128 valence electrons. The molecule has 4 rings (SSSR count). The summed E-state index contributed by atoms with van der Waals surface area (Å²) in [6, 6.07) is 3.86. The Labute approximate surface area is 142 Å². The number of hydrogen-bond acceptors (Lipinski definition) is 4. The first-order valence-corrected chi connectivity index (χ1v) is 8.86. The maximum Gasteiger partial charge on any atom is 0.313 e. The topological polar surface area (TPSA) is 56.5 Å². The van der Waals surface area contributed by atoms with Crippen LogP contribution in [0.15, 0.2) is 34.0 Å². The summed E-state index contributed by atoms with van der Waals surface area (Å²) >= 11 is 0. The Morgan fingerprint density at radius 2 is 1.92 bits per heavy atom. The molecule has 3 aliphatic rings. The molecule has 24 heavy (non-hydrogen) atoms. The lowest BCUT2D eigenvalue weighted by atomic mass is 9.49. The molecule has 0 bridgehead atoms. The van der Waals surface area contributed by atoms with Crippen LogP contribution >= 0.6 is 0 Å². The van der Waals surface area contributed by atoms with Gasteiger partial charge in [-0.3, -0.25) is 9.59 Å². The van der Waals surface area contributed by atoms with Crippen LogP contribution in [0.5, 0.6) is 0 Å². The molecule has 4 heteroatoms. The minimum atomic E-state index is -0.583. The van der Waals surface area contributed by atoms with Gasteiger partial charge in [0.05, 0.1) is 11.7 Å². The van der Waals surface area contributed by atoms with Gasteiger partial charge in [0, 0.05) is 12.3 Å². The summed E-state index contributed by atoms with van der Waals surface area (Å²) in [5.74, 6) is 0.725. The first-order chi connectivity index (χ1) is 11.4. The molecule has 2 heterocycles. The van der Waals surface area contributed by atoms with Crippen LogP contribution in [-0.2, 0) is 20.7 Å². The van der Waals surface area contributed by atoms with Crippen molar-refractivity contribution in [3.05, 3.63) is 35.3 Å². The second-order valence-corrected chi connectivity index (χ2v) is 8.04. The minimum Gasteiger partial charge on any atom is -0.469 e. The van der Waals surface area contributed by atoms with Gasteiger partial charge in [0.1, 0.15) is 5.76 Å². The quantitative estimate of drug-likeness (QED) is 0.791. The van der Waals surface area contributed by atoms with Crippen molar-refractivity contribution < 1.29 is 18.7 Å². The number of rotatable bonds is 3. The Bertz CT molecular complexity index is 729. The largest absolute Gasteiger partial charge is 0.469 e. The van der Waals surface area contributed by atoms with Crippen molar-refractivity contribution in [1.82, 2.24) is 0 Å². The van der Waals surface area contributed by atoms with Crippen molar-refractivity contribution in [2.45, 2.75) is 59.0 Å². The Hall–Kier alpha value is -1.84. The number of esters is 1. The summed E-state index contributed by atoms with van der Waals surface area (Å²) in [7, 11) is 0. The lowest BCUT2D eigenvalue weighted by molar-refractivity contribution is -0.151. The van der Waals surface area contributed by atoms with Gasteiger partial charge in [-0.25, -0.2) is 0 Å². The fourth-order valence-corrected chi connectivity index (χ4v) is 5.56. The second kappa shape index (κ2) is 5.08. The molecule has 0 radical (unpaired) electrons. The molecule has 0 amide bonds. The van der Waals surface area contributed by atoms with Gasteiger partial charge in [-0.15, -0.1) is 0 Å². The Balaban J connectivity index is 1.75. The first kappa shape index (κ1) is 15.7. The summed E-state index contributed by atoms with van der Waals surface area (Å²) in [5, 5.41) is 0. The molecule has 1 aromatic heterocycles. The average Bonchev–Trinajstić information content (AvgIpc) is 3.13. The SMILES string of the molecule is CC1=C(CCc2ccco2)[C@@]2(C)CCC[C@]3(C)C(=O)O[C@H](C1=O)C32. The molecule has 1 aliphatic heterocycles. The van der Waals surface area contributed by atoms with E-state index in [0.29, 0.717) is 0 Å². The van der Waals surface area contributed by atoms with Gasteiger partial charge in [0.15, 0.2) is 11.9 Å². The number of Topliss-reactive ketones (excluding diaryl/α,β-unsaturated/α-hetero) is 1. The monoisotopic (exact) mass is 328 g/mol. The molecule has 1 aromatic rings. The Kier molecular flexibility index (Phi) is 3.32. The Morgan fingerprint density at radius 1 is 1.17 bits per heavy atom. The molecule has 1 unspecified atom stereocenters. The zero-order chi connectivity index (χ0) is 17.1. The summed E-state index contributed by atoms with van der Waals surface area (Å²) in [4.78, 5) is 25.4. The highest BCUT2D eigenvalue weighted by molar-refractivity contribution is 6.04. The lowest BCUT2D eigenvalue weighted by Gasteiger charge is -2.51. The van der Waals surface area contributed by atoms with Crippen LogP contribution < -0.4 is 0 Å².